The van der Waals surface area contributed by atoms with Gasteiger partial charge >= 0.3 is 5.97 Å². The van der Waals surface area contributed by atoms with Crippen LogP contribution in [-0.4, -0.2) is 17.1 Å². The molecule has 2 unspecified atom stereocenters. The summed E-state index contributed by atoms with van der Waals surface area (Å²) in [5, 5.41) is 12.2. The lowest BCUT2D eigenvalue weighted by Gasteiger charge is -2.18. The van der Waals surface area contributed by atoms with E-state index in [0.29, 0.717) is 0 Å². The van der Waals surface area contributed by atoms with Crippen molar-refractivity contribution >= 4 is 5.97 Å². The summed E-state index contributed by atoms with van der Waals surface area (Å²) in [5.41, 5.74) is 2.56. The number of hydrogen-bond donors (Lipinski definition) is 2. The smallest absolute Gasteiger partial charge is 0.307 e. The summed E-state index contributed by atoms with van der Waals surface area (Å²) >= 11 is 0. The minimum Gasteiger partial charge on any atom is -0.481 e. The molecular weight excluding hydrogens is 214 g/mol. The number of rotatable bonds is 6. The lowest BCUT2D eigenvalue weighted by Crippen LogP contribution is -2.35. The molecule has 0 heterocycles. The van der Waals surface area contributed by atoms with Crippen molar-refractivity contribution in [3.05, 3.63) is 35.4 Å². The predicted octanol–water partition coefficient (Wildman–Crippen LogP) is 2.45. The van der Waals surface area contributed by atoms with Crippen LogP contribution in [0.4, 0.5) is 0 Å². The molecule has 2 N–H and O–H groups in total. The van der Waals surface area contributed by atoms with Crippen molar-refractivity contribution in [1.82, 2.24) is 5.32 Å². The van der Waals surface area contributed by atoms with Crippen molar-refractivity contribution in [3.8, 4) is 0 Å². The molecule has 0 aliphatic heterocycles. The molecular formula is C14H21NO2. The van der Waals surface area contributed by atoms with E-state index < -0.39 is 5.97 Å². The first-order chi connectivity index (χ1) is 8.06. The van der Waals surface area contributed by atoms with E-state index in [1.807, 2.05) is 19.1 Å². The number of hydrogen-bond acceptors (Lipinski definition) is 2. The number of carboxylic acid groups (broad SMARTS) is 1. The first-order valence-corrected chi connectivity index (χ1v) is 6.09. The number of aryl methyl sites for hydroxylation is 1. The third-order valence-corrected chi connectivity index (χ3v) is 3.25. The molecule has 0 bridgehead atoms. The van der Waals surface area contributed by atoms with Crippen LogP contribution in [-0.2, 0) is 17.8 Å². The van der Waals surface area contributed by atoms with Gasteiger partial charge in [0.05, 0.1) is 5.92 Å². The maximum atomic E-state index is 10.8. The van der Waals surface area contributed by atoms with Gasteiger partial charge in [-0.1, -0.05) is 38.1 Å². The first-order valence-electron chi connectivity index (χ1n) is 6.09. The Bertz CT molecular complexity index is 376. The van der Waals surface area contributed by atoms with Gasteiger partial charge in [-0.05, 0) is 24.5 Å². The third kappa shape index (κ3) is 3.86. The molecule has 0 amide bonds. The molecule has 0 saturated carbocycles. The summed E-state index contributed by atoms with van der Waals surface area (Å²) in [6.07, 6.45) is 1.00. The molecule has 3 nitrogen and oxygen atoms in total. The van der Waals surface area contributed by atoms with Crippen LogP contribution in [0.2, 0.25) is 0 Å². The lowest BCUT2D eigenvalue weighted by atomic mass is 10.0. The van der Waals surface area contributed by atoms with E-state index in [-0.39, 0.29) is 12.0 Å². The average molecular weight is 235 g/mol. The van der Waals surface area contributed by atoms with Crippen molar-refractivity contribution in [2.75, 3.05) is 0 Å². The fourth-order valence-corrected chi connectivity index (χ4v) is 1.74. The molecule has 0 aliphatic rings. The van der Waals surface area contributed by atoms with E-state index in [9.17, 15) is 4.79 Å². The molecule has 17 heavy (non-hydrogen) atoms. The van der Waals surface area contributed by atoms with Crippen LogP contribution in [0.25, 0.3) is 0 Å². The van der Waals surface area contributed by atoms with Crippen molar-refractivity contribution in [1.29, 1.82) is 0 Å². The van der Waals surface area contributed by atoms with E-state index in [4.69, 9.17) is 5.11 Å². The van der Waals surface area contributed by atoms with Gasteiger partial charge in [-0.3, -0.25) is 4.79 Å². The molecule has 1 aromatic carbocycles. The van der Waals surface area contributed by atoms with E-state index in [1.54, 1.807) is 6.92 Å². The fraction of sp³-hybridized carbons (Fsp3) is 0.500. The molecule has 0 fully saturated rings. The van der Waals surface area contributed by atoms with Crippen molar-refractivity contribution in [2.45, 2.75) is 39.8 Å². The summed E-state index contributed by atoms with van der Waals surface area (Å²) in [7, 11) is 0. The van der Waals surface area contributed by atoms with Gasteiger partial charge < -0.3 is 10.4 Å². The Balaban J connectivity index is 2.58. The number of nitrogens with one attached hydrogen (secondary N) is 1. The van der Waals surface area contributed by atoms with Gasteiger partial charge in [0.1, 0.15) is 0 Å². The second-order valence-corrected chi connectivity index (χ2v) is 4.42. The SMILES string of the molecule is CCc1ccccc1CNC(C)C(C)C(=O)O. The number of carboxylic acids is 1. The monoisotopic (exact) mass is 235 g/mol. The summed E-state index contributed by atoms with van der Waals surface area (Å²) in [6.45, 7) is 6.49. The third-order valence-electron chi connectivity index (χ3n) is 3.25. The van der Waals surface area contributed by atoms with Gasteiger partial charge in [0.2, 0.25) is 0 Å². The molecule has 0 aromatic heterocycles. The molecule has 94 valence electrons. The van der Waals surface area contributed by atoms with E-state index in [1.165, 1.54) is 11.1 Å². The Labute approximate surface area is 103 Å². The van der Waals surface area contributed by atoms with E-state index in [0.717, 1.165) is 13.0 Å². The van der Waals surface area contributed by atoms with Gasteiger partial charge in [-0.2, -0.15) is 0 Å². The zero-order valence-electron chi connectivity index (χ0n) is 10.7. The van der Waals surface area contributed by atoms with Gasteiger partial charge in [-0.25, -0.2) is 0 Å². The number of carbonyl (C=O) groups is 1. The predicted molar refractivity (Wildman–Crippen MR) is 68.9 cm³/mol. The Morgan fingerprint density at radius 1 is 1.29 bits per heavy atom. The molecule has 0 aliphatic carbocycles. The molecule has 1 rings (SSSR count). The van der Waals surface area contributed by atoms with Crippen molar-refractivity contribution in [3.63, 3.8) is 0 Å². The largest absolute Gasteiger partial charge is 0.481 e. The van der Waals surface area contributed by atoms with E-state index >= 15 is 0 Å². The van der Waals surface area contributed by atoms with Gasteiger partial charge in [0, 0.05) is 12.6 Å². The summed E-state index contributed by atoms with van der Waals surface area (Å²) in [4.78, 5) is 10.8. The molecule has 0 spiro atoms. The van der Waals surface area contributed by atoms with Crippen LogP contribution in [0.5, 0.6) is 0 Å². The quantitative estimate of drug-likeness (QED) is 0.796. The second-order valence-electron chi connectivity index (χ2n) is 4.42. The summed E-state index contributed by atoms with van der Waals surface area (Å²) in [5.74, 6) is -1.13. The maximum absolute atomic E-state index is 10.8. The van der Waals surface area contributed by atoms with Crippen LogP contribution in [0, 0.1) is 5.92 Å². The van der Waals surface area contributed by atoms with Gasteiger partial charge in [-0.15, -0.1) is 0 Å². The molecule has 0 radical (unpaired) electrons. The molecule has 1 aromatic rings. The maximum Gasteiger partial charge on any atom is 0.307 e. The minimum absolute atomic E-state index is 0.0302. The van der Waals surface area contributed by atoms with E-state index in [2.05, 4.69) is 24.4 Å². The van der Waals surface area contributed by atoms with Crippen molar-refractivity contribution in [2.24, 2.45) is 5.92 Å². The van der Waals surface area contributed by atoms with Crippen LogP contribution in [0.15, 0.2) is 24.3 Å². The minimum atomic E-state index is -0.756. The number of benzene rings is 1. The Hall–Kier alpha value is -1.35. The highest BCUT2D eigenvalue weighted by molar-refractivity contribution is 5.70. The Kier molecular flexibility index (Phi) is 5.16. The molecule has 2 atom stereocenters. The van der Waals surface area contributed by atoms with Crippen LogP contribution >= 0.6 is 0 Å². The first kappa shape index (κ1) is 13.7. The highest BCUT2D eigenvalue weighted by Gasteiger charge is 2.18. The Morgan fingerprint density at radius 3 is 2.41 bits per heavy atom. The average Bonchev–Trinajstić information content (AvgIpc) is 2.35. The lowest BCUT2D eigenvalue weighted by molar-refractivity contribution is -0.141. The zero-order chi connectivity index (χ0) is 12.8. The number of aliphatic carboxylic acids is 1. The van der Waals surface area contributed by atoms with Gasteiger partial charge in [0.15, 0.2) is 0 Å². The van der Waals surface area contributed by atoms with Crippen LogP contribution < -0.4 is 5.32 Å². The Morgan fingerprint density at radius 2 is 1.88 bits per heavy atom. The molecule has 3 heteroatoms. The summed E-state index contributed by atoms with van der Waals surface area (Å²) < 4.78 is 0. The second kappa shape index (κ2) is 6.40. The fourth-order valence-electron chi connectivity index (χ4n) is 1.74. The van der Waals surface area contributed by atoms with Crippen LogP contribution in [0.1, 0.15) is 31.9 Å². The highest BCUT2D eigenvalue weighted by Crippen LogP contribution is 2.10. The van der Waals surface area contributed by atoms with Gasteiger partial charge in [0.25, 0.3) is 0 Å². The summed E-state index contributed by atoms with van der Waals surface area (Å²) in [6, 6.07) is 8.22. The standard InChI is InChI=1S/C14H21NO2/c1-4-12-7-5-6-8-13(12)9-15-11(3)10(2)14(16)17/h5-8,10-11,15H,4,9H2,1-3H3,(H,16,17). The van der Waals surface area contributed by atoms with Crippen LogP contribution in [0.3, 0.4) is 0 Å². The van der Waals surface area contributed by atoms with Crippen molar-refractivity contribution < 1.29 is 9.90 Å². The zero-order valence-corrected chi connectivity index (χ0v) is 10.7. The highest BCUT2D eigenvalue weighted by atomic mass is 16.4. The normalized spacial score (nSPS) is 14.3. The molecule has 0 saturated heterocycles. The topological polar surface area (TPSA) is 49.3 Å².